The zero-order chi connectivity index (χ0) is 25.2. The maximum Gasteiger partial charge on any atom is 0.265 e. The summed E-state index contributed by atoms with van der Waals surface area (Å²) in [4.78, 5) is 15.4. The lowest BCUT2D eigenvalue weighted by Crippen LogP contribution is -2.47. The molecular formula is C24H27Cl3N2O4S2. The van der Waals surface area contributed by atoms with Gasteiger partial charge < -0.3 is 9.64 Å². The van der Waals surface area contributed by atoms with Crippen LogP contribution in [-0.2, 0) is 14.8 Å². The molecule has 0 atom stereocenters. The number of sulfonamides is 1. The molecule has 0 aromatic heterocycles. The van der Waals surface area contributed by atoms with Gasteiger partial charge in [-0.15, -0.1) is 0 Å². The first-order chi connectivity index (χ1) is 16.6. The number of benzene rings is 1. The van der Waals surface area contributed by atoms with E-state index in [4.69, 9.17) is 51.8 Å². The lowest BCUT2D eigenvalue weighted by atomic mass is 9.84. The number of carbonyl (C=O) groups excluding carboxylic acids is 1. The molecule has 6 nitrogen and oxygen atoms in total. The second-order valence-electron chi connectivity index (χ2n) is 9.13. The molecule has 1 N–H and O–H groups in total. The highest BCUT2D eigenvalue weighted by atomic mass is 35.5. The fraction of sp³-hybridized carbons (Fsp3) is 0.500. The molecule has 4 rings (SSSR count). The maximum absolute atomic E-state index is 12.7. The van der Waals surface area contributed by atoms with E-state index in [0.717, 1.165) is 44.5 Å². The number of hydrogen-bond acceptors (Lipinski definition) is 6. The van der Waals surface area contributed by atoms with Crippen molar-refractivity contribution in [1.29, 1.82) is 0 Å². The largest absolute Gasteiger partial charge is 0.490 e. The van der Waals surface area contributed by atoms with Crippen molar-refractivity contribution in [2.24, 2.45) is 5.92 Å². The minimum absolute atomic E-state index is 0.0898. The van der Waals surface area contributed by atoms with Gasteiger partial charge in [0.05, 0.1) is 10.0 Å². The van der Waals surface area contributed by atoms with Gasteiger partial charge in [-0.05, 0) is 56.7 Å². The Morgan fingerprint density at radius 3 is 2.37 bits per heavy atom. The number of ether oxygens (including phenoxy) is 1. The van der Waals surface area contributed by atoms with E-state index < -0.39 is 15.9 Å². The van der Waals surface area contributed by atoms with Crippen molar-refractivity contribution in [3.63, 3.8) is 0 Å². The monoisotopic (exact) mass is 576 g/mol. The first-order valence-corrected chi connectivity index (χ1v) is 14.7. The number of amides is 1. The molecule has 0 unspecified atom stereocenters. The molecule has 0 radical (unpaired) electrons. The number of piperidine rings is 1. The van der Waals surface area contributed by atoms with Crippen molar-refractivity contribution >= 4 is 67.8 Å². The highest BCUT2D eigenvalue weighted by Gasteiger charge is 2.34. The van der Waals surface area contributed by atoms with E-state index in [1.54, 1.807) is 18.2 Å². The fourth-order valence-corrected chi connectivity index (χ4v) is 7.08. The van der Waals surface area contributed by atoms with Gasteiger partial charge in [0.15, 0.2) is 0 Å². The van der Waals surface area contributed by atoms with Gasteiger partial charge in [-0.25, -0.2) is 13.1 Å². The summed E-state index contributed by atoms with van der Waals surface area (Å²) in [6.07, 6.45) is 8.16. The molecule has 0 bridgehead atoms. The summed E-state index contributed by atoms with van der Waals surface area (Å²) in [6, 6.07) is 5.70. The molecule has 1 amide bonds. The predicted octanol–water partition coefficient (Wildman–Crippen LogP) is 5.62. The number of likely N-dealkylation sites (tertiary alicyclic amines) is 1. The first kappa shape index (κ1) is 26.9. The zero-order valence-corrected chi connectivity index (χ0v) is 22.9. The number of carbonyl (C=O) groups is 1. The third kappa shape index (κ3) is 6.79. The first-order valence-electron chi connectivity index (χ1n) is 11.7. The van der Waals surface area contributed by atoms with Gasteiger partial charge in [0.1, 0.15) is 16.8 Å². The number of halogens is 3. The van der Waals surface area contributed by atoms with Crippen LogP contribution < -0.4 is 9.46 Å². The number of hydrogen-bond donors (Lipinski definition) is 1. The van der Waals surface area contributed by atoms with Gasteiger partial charge in [-0.2, -0.15) is 0 Å². The van der Waals surface area contributed by atoms with Crippen LogP contribution in [0.3, 0.4) is 0 Å². The van der Waals surface area contributed by atoms with E-state index >= 15 is 0 Å². The van der Waals surface area contributed by atoms with Crippen LogP contribution in [0.15, 0.2) is 40.3 Å². The average molecular weight is 578 g/mol. The second-order valence-corrected chi connectivity index (χ2v) is 12.5. The standard InChI is InChI=1S/C24H27Cl3N2O4S2/c25-16-3-8-22(34)23(13-16)35(31,32)28-24(30)15-1-4-17(5-2-15)29-11-9-18(10-12-29)33-19-6-7-20(26)21(27)14-19/h3,6-7,13-15,17-18H,1-2,4-5,8-12H2,(H,28,30)/t15-,17-. The van der Waals surface area contributed by atoms with E-state index in [0.29, 0.717) is 34.0 Å². The summed E-state index contributed by atoms with van der Waals surface area (Å²) in [6.45, 7) is 1.84. The van der Waals surface area contributed by atoms with Gasteiger partial charge in [-0.3, -0.25) is 4.79 Å². The Balaban J connectivity index is 1.24. The summed E-state index contributed by atoms with van der Waals surface area (Å²) >= 11 is 23.1. The molecule has 2 fully saturated rings. The Bertz CT molecular complexity index is 1150. The van der Waals surface area contributed by atoms with Crippen molar-refractivity contribution in [3.05, 3.63) is 50.3 Å². The molecule has 11 heteroatoms. The molecule has 2 aliphatic carbocycles. The Morgan fingerprint density at radius 2 is 1.71 bits per heavy atom. The minimum atomic E-state index is -4.03. The topological polar surface area (TPSA) is 75.7 Å². The van der Waals surface area contributed by atoms with Gasteiger partial charge in [0.2, 0.25) is 5.91 Å². The van der Waals surface area contributed by atoms with Gasteiger partial charge in [0.25, 0.3) is 10.0 Å². The predicted molar refractivity (Wildman–Crippen MR) is 144 cm³/mol. The lowest BCUT2D eigenvalue weighted by Gasteiger charge is -2.40. The number of allylic oxidation sites excluding steroid dienone is 4. The van der Waals surface area contributed by atoms with E-state index in [1.165, 1.54) is 6.08 Å². The minimum Gasteiger partial charge on any atom is -0.490 e. The Hall–Kier alpha value is -1.16. The van der Waals surface area contributed by atoms with Crippen LogP contribution in [0.1, 0.15) is 44.9 Å². The smallest absolute Gasteiger partial charge is 0.265 e. The van der Waals surface area contributed by atoms with E-state index in [9.17, 15) is 13.2 Å². The lowest BCUT2D eigenvalue weighted by molar-refractivity contribution is -0.124. The number of thiocarbonyl (C=S) groups is 1. The number of nitrogens with zero attached hydrogens (tertiary/aromatic N) is 1. The van der Waals surface area contributed by atoms with Crippen molar-refractivity contribution in [2.45, 2.75) is 57.1 Å². The van der Waals surface area contributed by atoms with Crippen LogP contribution in [0.4, 0.5) is 0 Å². The van der Waals surface area contributed by atoms with E-state index in [-0.39, 0.29) is 28.2 Å². The quantitative estimate of drug-likeness (QED) is 0.442. The zero-order valence-electron chi connectivity index (χ0n) is 19.0. The summed E-state index contributed by atoms with van der Waals surface area (Å²) < 4.78 is 33.7. The van der Waals surface area contributed by atoms with Gasteiger partial charge in [0, 0.05) is 47.4 Å². The van der Waals surface area contributed by atoms with Crippen LogP contribution in [0.25, 0.3) is 0 Å². The van der Waals surface area contributed by atoms with Gasteiger partial charge in [-0.1, -0.05) is 53.1 Å². The van der Waals surface area contributed by atoms with Crippen LogP contribution in [0, 0.1) is 5.92 Å². The normalized spacial score (nSPS) is 24.5. The SMILES string of the molecule is O=C(NS(=O)(=O)C1=CC(Cl)=CCC1=S)[C@H]1CC[C@H](N2CCC(Oc3ccc(Cl)c(Cl)c3)CC2)CC1. The molecule has 1 saturated carbocycles. The Kier molecular flexibility index (Phi) is 8.82. The Morgan fingerprint density at radius 1 is 1.03 bits per heavy atom. The molecular weight excluding hydrogens is 551 g/mol. The fourth-order valence-electron chi connectivity index (χ4n) is 4.86. The van der Waals surface area contributed by atoms with Crippen molar-refractivity contribution in [3.8, 4) is 5.75 Å². The van der Waals surface area contributed by atoms with Crippen LogP contribution >= 0.6 is 47.0 Å². The second kappa shape index (κ2) is 11.5. The summed E-state index contributed by atoms with van der Waals surface area (Å²) in [5.74, 6) is -0.0748. The van der Waals surface area contributed by atoms with Crippen LogP contribution in [0.2, 0.25) is 10.0 Å². The summed E-state index contributed by atoms with van der Waals surface area (Å²) in [5.41, 5.74) is 0. The number of rotatable bonds is 6. The highest BCUT2D eigenvalue weighted by Crippen LogP contribution is 2.32. The molecule has 190 valence electrons. The van der Waals surface area contributed by atoms with E-state index in [1.807, 2.05) is 6.07 Å². The third-order valence-corrected chi connectivity index (χ3v) is 9.74. The Labute approximate surface area is 226 Å². The van der Waals surface area contributed by atoms with Crippen molar-refractivity contribution in [1.82, 2.24) is 9.62 Å². The number of nitrogens with one attached hydrogen (secondary N) is 1. The van der Waals surface area contributed by atoms with Crippen molar-refractivity contribution in [2.75, 3.05) is 13.1 Å². The highest BCUT2D eigenvalue weighted by molar-refractivity contribution is 7.97. The molecule has 1 aromatic rings. The van der Waals surface area contributed by atoms with Crippen LogP contribution in [0.5, 0.6) is 5.75 Å². The molecule has 1 aromatic carbocycles. The van der Waals surface area contributed by atoms with Gasteiger partial charge >= 0.3 is 0 Å². The molecule has 0 spiro atoms. The molecule has 1 aliphatic heterocycles. The van der Waals surface area contributed by atoms with Crippen LogP contribution in [-0.4, -0.2) is 49.3 Å². The average Bonchev–Trinajstić information content (AvgIpc) is 2.83. The third-order valence-electron chi connectivity index (χ3n) is 6.81. The van der Waals surface area contributed by atoms with E-state index in [2.05, 4.69) is 9.62 Å². The summed E-state index contributed by atoms with van der Waals surface area (Å²) in [7, 11) is -4.03. The van der Waals surface area contributed by atoms with Crippen molar-refractivity contribution < 1.29 is 17.9 Å². The maximum atomic E-state index is 12.7. The molecule has 1 heterocycles. The molecule has 3 aliphatic rings. The summed E-state index contributed by atoms with van der Waals surface area (Å²) in [5, 5.41) is 1.29. The molecule has 1 saturated heterocycles. The molecule has 35 heavy (non-hydrogen) atoms.